The molecule has 0 aliphatic heterocycles. The molecule has 0 bridgehead atoms. The van der Waals surface area contributed by atoms with E-state index in [9.17, 15) is 4.79 Å². The van der Waals surface area contributed by atoms with Crippen molar-refractivity contribution in [2.45, 2.75) is 26.3 Å². The average Bonchev–Trinajstić information content (AvgIpc) is 2.44. The van der Waals surface area contributed by atoms with E-state index in [0.717, 1.165) is 30.0 Å². The summed E-state index contributed by atoms with van der Waals surface area (Å²) >= 11 is 1.78. The first-order valence-corrected chi connectivity index (χ1v) is 8.14. The van der Waals surface area contributed by atoms with Gasteiger partial charge in [0, 0.05) is 31.1 Å². The van der Waals surface area contributed by atoms with Crippen molar-refractivity contribution in [1.82, 2.24) is 4.90 Å². The molecule has 1 atom stereocenters. The summed E-state index contributed by atoms with van der Waals surface area (Å²) in [5.41, 5.74) is 1.67. The number of amides is 1. The van der Waals surface area contributed by atoms with Crippen LogP contribution in [0.5, 0.6) is 0 Å². The van der Waals surface area contributed by atoms with Crippen LogP contribution >= 0.6 is 11.8 Å². The standard InChI is InChI=1S/C15H24N2OS/c1-5-12(11-19-4)17(3)15(18)13-9-7-8-10-14(13)16-6-2/h7-10,12,16H,5-6,11H2,1-4H3. The van der Waals surface area contributed by atoms with E-state index in [1.165, 1.54) is 0 Å². The fourth-order valence-electron chi connectivity index (χ4n) is 2.07. The predicted molar refractivity (Wildman–Crippen MR) is 85.2 cm³/mol. The number of thioether (sulfide) groups is 1. The number of anilines is 1. The van der Waals surface area contributed by atoms with E-state index in [-0.39, 0.29) is 11.9 Å². The van der Waals surface area contributed by atoms with Crippen LogP contribution in [0.4, 0.5) is 5.69 Å². The van der Waals surface area contributed by atoms with E-state index >= 15 is 0 Å². The highest BCUT2D eigenvalue weighted by Crippen LogP contribution is 2.19. The number of hydrogen-bond acceptors (Lipinski definition) is 3. The summed E-state index contributed by atoms with van der Waals surface area (Å²) in [5, 5.41) is 3.25. The Morgan fingerprint density at radius 3 is 2.63 bits per heavy atom. The lowest BCUT2D eigenvalue weighted by molar-refractivity contribution is 0.0744. The van der Waals surface area contributed by atoms with Gasteiger partial charge in [0.15, 0.2) is 0 Å². The molecule has 1 N–H and O–H groups in total. The SMILES string of the molecule is CCNc1ccccc1C(=O)N(C)C(CC)CSC. The molecule has 1 rings (SSSR count). The van der Waals surface area contributed by atoms with Crippen LogP contribution in [0, 0.1) is 0 Å². The maximum atomic E-state index is 12.6. The van der Waals surface area contributed by atoms with E-state index in [2.05, 4.69) is 18.5 Å². The Kier molecular flexibility index (Phi) is 6.78. The van der Waals surface area contributed by atoms with Crippen molar-refractivity contribution in [2.75, 3.05) is 30.9 Å². The van der Waals surface area contributed by atoms with Crippen molar-refractivity contribution in [3.63, 3.8) is 0 Å². The van der Waals surface area contributed by atoms with Gasteiger partial charge in [0.25, 0.3) is 5.91 Å². The van der Waals surface area contributed by atoms with Crippen LogP contribution in [0.2, 0.25) is 0 Å². The number of nitrogens with zero attached hydrogens (tertiary/aromatic N) is 1. The van der Waals surface area contributed by atoms with Crippen molar-refractivity contribution in [1.29, 1.82) is 0 Å². The molecule has 1 aromatic carbocycles. The van der Waals surface area contributed by atoms with Crippen LogP contribution in [0.15, 0.2) is 24.3 Å². The van der Waals surface area contributed by atoms with Crippen LogP contribution in [0.1, 0.15) is 30.6 Å². The highest BCUT2D eigenvalue weighted by Gasteiger charge is 2.21. The molecule has 0 spiro atoms. The van der Waals surface area contributed by atoms with E-state index < -0.39 is 0 Å². The Labute approximate surface area is 120 Å². The third kappa shape index (κ3) is 4.16. The first-order valence-electron chi connectivity index (χ1n) is 6.74. The van der Waals surface area contributed by atoms with Crippen LogP contribution in [0.25, 0.3) is 0 Å². The molecule has 0 aromatic heterocycles. The maximum Gasteiger partial charge on any atom is 0.255 e. The molecular weight excluding hydrogens is 256 g/mol. The smallest absolute Gasteiger partial charge is 0.255 e. The zero-order valence-electron chi connectivity index (χ0n) is 12.3. The van der Waals surface area contributed by atoms with Crippen LogP contribution < -0.4 is 5.32 Å². The lowest BCUT2D eigenvalue weighted by Crippen LogP contribution is -2.38. The minimum Gasteiger partial charge on any atom is -0.385 e. The van der Waals surface area contributed by atoms with Crippen molar-refractivity contribution in [3.05, 3.63) is 29.8 Å². The Bertz CT molecular complexity index is 409. The molecule has 1 amide bonds. The summed E-state index contributed by atoms with van der Waals surface area (Å²) < 4.78 is 0. The molecule has 106 valence electrons. The molecule has 19 heavy (non-hydrogen) atoms. The topological polar surface area (TPSA) is 32.3 Å². The highest BCUT2D eigenvalue weighted by atomic mass is 32.2. The normalized spacial score (nSPS) is 12.0. The van der Waals surface area contributed by atoms with Gasteiger partial charge in [-0.05, 0) is 31.7 Å². The van der Waals surface area contributed by atoms with Gasteiger partial charge in [-0.15, -0.1) is 0 Å². The van der Waals surface area contributed by atoms with Gasteiger partial charge in [0.1, 0.15) is 0 Å². The van der Waals surface area contributed by atoms with Gasteiger partial charge in [-0.2, -0.15) is 11.8 Å². The van der Waals surface area contributed by atoms with E-state index in [1.54, 1.807) is 11.8 Å². The maximum absolute atomic E-state index is 12.6. The third-order valence-corrected chi connectivity index (χ3v) is 3.94. The van der Waals surface area contributed by atoms with Gasteiger partial charge in [-0.25, -0.2) is 0 Å². The number of carbonyl (C=O) groups is 1. The molecular formula is C15H24N2OS. The van der Waals surface area contributed by atoms with Crippen molar-refractivity contribution < 1.29 is 4.79 Å². The minimum atomic E-state index is 0.0949. The Hall–Kier alpha value is -1.16. The number of rotatable bonds is 7. The second kappa shape index (κ2) is 8.10. The average molecular weight is 280 g/mol. The summed E-state index contributed by atoms with van der Waals surface area (Å²) in [6.07, 6.45) is 3.06. The van der Waals surface area contributed by atoms with Crippen LogP contribution in [-0.2, 0) is 0 Å². The number of para-hydroxylation sites is 1. The second-order valence-corrected chi connectivity index (χ2v) is 5.42. The van der Waals surface area contributed by atoms with Crippen molar-refractivity contribution >= 4 is 23.4 Å². The summed E-state index contributed by atoms with van der Waals surface area (Å²) in [5.74, 6) is 1.07. The fraction of sp³-hybridized carbons (Fsp3) is 0.533. The number of hydrogen-bond donors (Lipinski definition) is 1. The lowest BCUT2D eigenvalue weighted by Gasteiger charge is -2.27. The molecule has 0 saturated carbocycles. The molecule has 0 aliphatic carbocycles. The van der Waals surface area contributed by atoms with Crippen LogP contribution in [-0.4, -0.2) is 42.4 Å². The third-order valence-electron chi connectivity index (χ3n) is 3.22. The molecule has 0 aliphatic rings. The van der Waals surface area contributed by atoms with Gasteiger partial charge >= 0.3 is 0 Å². The molecule has 0 heterocycles. The molecule has 1 aromatic rings. The first-order chi connectivity index (χ1) is 9.15. The number of benzene rings is 1. The van der Waals surface area contributed by atoms with Gasteiger partial charge in [0.2, 0.25) is 0 Å². The lowest BCUT2D eigenvalue weighted by atomic mass is 10.1. The number of nitrogens with one attached hydrogen (secondary N) is 1. The zero-order chi connectivity index (χ0) is 14.3. The summed E-state index contributed by atoms with van der Waals surface area (Å²) in [7, 11) is 1.90. The molecule has 1 unspecified atom stereocenters. The van der Waals surface area contributed by atoms with Gasteiger partial charge in [0.05, 0.1) is 5.56 Å². The monoisotopic (exact) mass is 280 g/mol. The molecule has 0 radical (unpaired) electrons. The molecule has 4 heteroatoms. The predicted octanol–water partition coefficient (Wildman–Crippen LogP) is 3.33. The van der Waals surface area contributed by atoms with Crippen molar-refractivity contribution in [2.24, 2.45) is 0 Å². The summed E-state index contributed by atoms with van der Waals surface area (Å²) in [4.78, 5) is 14.5. The quantitative estimate of drug-likeness (QED) is 0.831. The minimum absolute atomic E-state index is 0.0949. The van der Waals surface area contributed by atoms with Crippen LogP contribution in [0.3, 0.4) is 0 Å². The van der Waals surface area contributed by atoms with Crippen molar-refractivity contribution in [3.8, 4) is 0 Å². The summed E-state index contributed by atoms with van der Waals surface area (Å²) in [6, 6.07) is 8.01. The van der Waals surface area contributed by atoms with E-state index in [1.807, 2.05) is 43.1 Å². The van der Waals surface area contributed by atoms with Gasteiger partial charge < -0.3 is 10.2 Å². The Morgan fingerprint density at radius 2 is 2.05 bits per heavy atom. The van der Waals surface area contributed by atoms with Gasteiger partial charge in [-0.3, -0.25) is 4.79 Å². The number of carbonyl (C=O) groups excluding carboxylic acids is 1. The highest BCUT2D eigenvalue weighted by molar-refractivity contribution is 7.98. The Morgan fingerprint density at radius 1 is 1.37 bits per heavy atom. The zero-order valence-corrected chi connectivity index (χ0v) is 13.1. The Balaban J connectivity index is 2.92. The van der Waals surface area contributed by atoms with E-state index in [0.29, 0.717) is 0 Å². The fourth-order valence-corrected chi connectivity index (χ4v) is 2.91. The molecule has 0 fully saturated rings. The molecule has 0 saturated heterocycles. The first kappa shape index (κ1) is 15.9. The summed E-state index contributed by atoms with van der Waals surface area (Å²) in [6.45, 7) is 4.98. The second-order valence-electron chi connectivity index (χ2n) is 4.51. The van der Waals surface area contributed by atoms with E-state index in [4.69, 9.17) is 0 Å². The molecule has 3 nitrogen and oxygen atoms in total. The largest absolute Gasteiger partial charge is 0.385 e. The van der Waals surface area contributed by atoms with Gasteiger partial charge in [-0.1, -0.05) is 19.1 Å².